The minimum absolute atomic E-state index is 0.243. The number of aromatic nitrogens is 2. The van der Waals surface area contributed by atoms with E-state index >= 15 is 0 Å². The van der Waals surface area contributed by atoms with E-state index in [1.54, 1.807) is 0 Å². The minimum Gasteiger partial charge on any atom is -0.363 e. The molecule has 0 fully saturated rings. The second-order valence-electron chi connectivity index (χ2n) is 3.89. The van der Waals surface area contributed by atoms with Crippen LogP contribution in [0.15, 0.2) is 30.3 Å². The Morgan fingerprint density at radius 3 is 2.65 bits per heavy atom. The van der Waals surface area contributed by atoms with E-state index in [9.17, 15) is 4.79 Å². The van der Waals surface area contributed by atoms with Gasteiger partial charge in [-0.3, -0.25) is 4.79 Å². The zero-order valence-electron chi connectivity index (χ0n) is 9.73. The average Bonchev–Trinajstić information content (AvgIpc) is 2.74. The van der Waals surface area contributed by atoms with Crippen LogP contribution in [-0.2, 0) is 12.8 Å². The molecule has 88 valence electrons. The van der Waals surface area contributed by atoms with Gasteiger partial charge in [0, 0.05) is 12.1 Å². The number of aryl methyl sites for hydroxylation is 1. The molecule has 0 aliphatic heterocycles. The van der Waals surface area contributed by atoms with E-state index in [0.717, 1.165) is 24.2 Å². The van der Waals surface area contributed by atoms with Crippen LogP contribution in [0, 0.1) is 0 Å². The molecule has 4 heteroatoms. The molecule has 2 rings (SSSR count). The molecule has 1 amide bonds. The zero-order valence-corrected chi connectivity index (χ0v) is 9.73. The molecular formula is C13H15N3O. The largest absolute Gasteiger partial charge is 0.363 e. The Bertz CT molecular complexity index is 517. The van der Waals surface area contributed by atoms with Crippen molar-refractivity contribution in [2.45, 2.75) is 19.8 Å². The molecule has 0 spiro atoms. The summed E-state index contributed by atoms with van der Waals surface area (Å²) in [5.41, 5.74) is 8.26. The molecular weight excluding hydrogens is 214 g/mol. The number of nitrogens with two attached hydrogens (primary N) is 1. The van der Waals surface area contributed by atoms with Crippen LogP contribution in [0.5, 0.6) is 0 Å². The Morgan fingerprint density at radius 2 is 2.06 bits per heavy atom. The molecule has 0 unspecified atom stereocenters. The van der Waals surface area contributed by atoms with Gasteiger partial charge < -0.3 is 10.7 Å². The lowest BCUT2D eigenvalue weighted by atomic mass is 10.1. The highest BCUT2D eigenvalue weighted by molar-refractivity contribution is 5.89. The van der Waals surface area contributed by atoms with Crippen LogP contribution in [-0.4, -0.2) is 15.9 Å². The third kappa shape index (κ3) is 2.53. The highest BCUT2D eigenvalue weighted by Gasteiger charge is 2.12. The van der Waals surface area contributed by atoms with Crippen LogP contribution < -0.4 is 5.73 Å². The number of aromatic amines is 1. The first-order valence-corrected chi connectivity index (χ1v) is 5.62. The smallest absolute Gasteiger partial charge is 0.284 e. The van der Waals surface area contributed by atoms with Gasteiger partial charge in [0.05, 0.1) is 5.69 Å². The number of nitrogens with one attached hydrogen (secondary N) is 1. The Hall–Kier alpha value is -2.10. The minimum atomic E-state index is -0.515. The molecule has 4 nitrogen and oxygen atoms in total. The number of imidazole rings is 1. The van der Waals surface area contributed by atoms with E-state index in [0.29, 0.717) is 0 Å². The third-order valence-electron chi connectivity index (χ3n) is 2.66. The van der Waals surface area contributed by atoms with E-state index in [2.05, 4.69) is 9.97 Å². The molecule has 0 bridgehead atoms. The number of carbonyl (C=O) groups excluding carboxylic acids is 1. The van der Waals surface area contributed by atoms with Crippen molar-refractivity contribution in [1.82, 2.24) is 9.97 Å². The maximum Gasteiger partial charge on any atom is 0.284 e. The summed E-state index contributed by atoms with van der Waals surface area (Å²) in [6.45, 7) is 2.01. The van der Waals surface area contributed by atoms with Crippen LogP contribution in [0.2, 0.25) is 0 Å². The van der Waals surface area contributed by atoms with Crippen LogP contribution in [0.1, 0.15) is 34.5 Å². The summed E-state index contributed by atoms with van der Waals surface area (Å²) in [6, 6.07) is 10.1. The van der Waals surface area contributed by atoms with Gasteiger partial charge in [0.1, 0.15) is 0 Å². The maximum atomic E-state index is 11.1. The molecule has 0 aliphatic rings. The molecule has 0 saturated heterocycles. The van der Waals surface area contributed by atoms with Crippen molar-refractivity contribution < 1.29 is 4.79 Å². The lowest BCUT2D eigenvalue weighted by Gasteiger charge is -2.00. The van der Waals surface area contributed by atoms with E-state index in [4.69, 9.17) is 5.73 Å². The van der Waals surface area contributed by atoms with Crippen molar-refractivity contribution in [2.75, 3.05) is 0 Å². The van der Waals surface area contributed by atoms with Crippen molar-refractivity contribution in [3.63, 3.8) is 0 Å². The Morgan fingerprint density at radius 1 is 1.35 bits per heavy atom. The normalized spacial score (nSPS) is 10.4. The van der Waals surface area contributed by atoms with Crippen molar-refractivity contribution in [3.8, 4) is 0 Å². The number of hydrogen-bond acceptors (Lipinski definition) is 2. The van der Waals surface area contributed by atoms with Gasteiger partial charge in [0.15, 0.2) is 5.82 Å². The maximum absolute atomic E-state index is 11.1. The summed E-state index contributed by atoms with van der Waals surface area (Å²) in [4.78, 5) is 18.3. The number of H-pyrrole nitrogens is 1. The van der Waals surface area contributed by atoms with Crippen LogP contribution in [0.3, 0.4) is 0 Å². The van der Waals surface area contributed by atoms with Gasteiger partial charge in [-0.1, -0.05) is 37.3 Å². The Balaban J connectivity index is 2.29. The fourth-order valence-corrected chi connectivity index (χ4v) is 1.80. The molecule has 1 heterocycles. The first-order valence-electron chi connectivity index (χ1n) is 5.62. The fraction of sp³-hybridized carbons (Fsp3) is 0.231. The molecule has 0 saturated carbocycles. The number of benzene rings is 1. The molecule has 0 aliphatic carbocycles. The molecule has 17 heavy (non-hydrogen) atoms. The number of amides is 1. The Kier molecular flexibility index (Phi) is 3.23. The summed E-state index contributed by atoms with van der Waals surface area (Å²) in [7, 11) is 0. The molecule has 2 aromatic rings. The number of carbonyl (C=O) groups is 1. The van der Waals surface area contributed by atoms with Crippen LogP contribution >= 0.6 is 0 Å². The summed E-state index contributed by atoms with van der Waals surface area (Å²) in [6.07, 6.45) is 1.52. The molecule has 0 radical (unpaired) electrons. The second kappa shape index (κ2) is 4.82. The van der Waals surface area contributed by atoms with Crippen LogP contribution in [0.4, 0.5) is 0 Å². The Labute approximate surface area is 99.9 Å². The van der Waals surface area contributed by atoms with Gasteiger partial charge in [-0.25, -0.2) is 4.98 Å². The topological polar surface area (TPSA) is 71.8 Å². The van der Waals surface area contributed by atoms with E-state index in [1.165, 1.54) is 5.56 Å². The molecule has 3 N–H and O–H groups in total. The summed E-state index contributed by atoms with van der Waals surface area (Å²) in [5, 5.41) is 0. The number of primary amides is 1. The summed E-state index contributed by atoms with van der Waals surface area (Å²) in [5.74, 6) is -0.271. The van der Waals surface area contributed by atoms with Crippen molar-refractivity contribution in [2.24, 2.45) is 5.73 Å². The predicted molar refractivity (Wildman–Crippen MR) is 65.7 cm³/mol. The van der Waals surface area contributed by atoms with Gasteiger partial charge in [-0.15, -0.1) is 0 Å². The van der Waals surface area contributed by atoms with Gasteiger partial charge in [0.2, 0.25) is 0 Å². The first kappa shape index (κ1) is 11.4. The van der Waals surface area contributed by atoms with Crippen molar-refractivity contribution in [3.05, 3.63) is 53.1 Å². The summed E-state index contributed by atoms with van der Waals surface area (Å²) >= 11 is 0. The monoisotopic (exact) mass is 229 g/mol. The number of hydrogen-bond donors (Lipinski definition) is 2. The standard InChI is InChI=1S/C13H15N3O/c1-2-10-11(16-13(15-10)12(14)17)8-9-6-4-3-5-7-9/h3-7H,2,8H2,1H3,(H2,14,17)(H,15,16). The van der Waals surface area contributed by atoms with Gasteiger partial charge in [0.25, 0.3) is 5.91 Å². The van der Waals surface area contributed by atoms with Crippen molar-refractivity contribution >= 4 is 5.91 Å². The van der Waals surface area contributed by atoms with Crippen molar-refractivity contribution in [1.29, 1.82) is 0 Å². The van der Waals surface area contributed by atoms with Gasteiger partial charge >= 0.3 is 0 Å². The molecule has 0 atom stereocenters. The summed E-state index contributed by atoms with van der Waals surface area (Å²) < 4.78 is 0. The second-order valence-corrected chi connectivity index (χ2v) is 3.89. The predicted octanol–water partition coefficient (Wildman–Crippen LogP) is 1.66. The van der Waals surface area contributed by atoms with Crippen LogP contribution in [0.25, 0.3) is 0 Å². The molecule has 1 aromatic carbocycles. The SMILES string of the molecule is CCc1nc(C(N)=O)[nH]c1Cc1ccccc1. The lowest BCUT2D eigenvalue weighted by Crippen LogP contribution is -2.12. The van der Waals surface area contributed by atoms with E-state index in [1.807, 2.05) is 37.3 Å². The quantitative estimate of drug-likeness (QED) is 0.837. The van der Waals surface area contributed by atoms with E-state index in [-0.39, 0.29) is 5.82 Å². The zero-order chi connectivity index (χ0) is 12.3. The molecule has 1 aromatic heterocycles. The first-order chi connectivity index (χ1) is 8.20. The lowest BCUT2D eigenvalue weighted by molar-refractivity contribution is 0.0991. The number of nitrogens with zero attached hydrogens (tertiary/aromatic N) is 1. The highest BCUT2D eigenvalue weighted by Crippen LogP contribution is 2.12. The van der Waals surface area contributed by atoms with Gasteiger partial charge in [-0.2, -0.15) is 0 Å². The average molecular weight is 229 g/mol. The third-order valence-corrected chi connectivity index (χ3v) is 2.66. The fourth-order valence-electron chi connectivity index (χ4n) is 1.80. The number of rotatable bonds is 4. The van der Waals surface area contributed by atoms with Gasteiger partial charge in [-0.05, 0) is 12.0 Å². The van der Waals surface area contributed by atoms with E-state index < -0.39 is 5.91 Å². The highest BCUT2D eigenvalue weighted by atomic mass is 16.1.